The van der Waals surface area contributed by atoms with E-state index in [1.165, 1.54) is 30.5 Å². The molecule has 2 N–H and O–H groups in total. The summed E-state index contributed by atoms with van der Waals surface area (Å²) in [5.74, 6) is -2.40. The van der Waals surface area contributed by atoms with E-state index in [2.05, 4.69) is 10.6 Å². The number of hydrogen-bond donors (Lipinski definition) is 2. The van der Waals surface area contributed by atoms with Gasteiger partial charge in [-0.05, 0) is 42.7 Å². The second-order valence-electron chi connectivity index (χ2n) is 8.07. The summed E-state index contributed by atoms with van der Waals surface area (Å²) in [6.07, 6.45) is 2.97. The summed E-state index contributed by atoms with van der Waals surface area (Å²) in [5, 5.41) is 5.33. The van der Waals surface area contributed by atoms with Crippen molar-refractivity contribution >= 4 is 23.4 Å². The van der Waals surface area contributed by atoms with Crippen molar-refractivity contribution in [2.45, 2.75) is 25.0 Å². The number of carbonyl (C=O) groups is 3. The zero-order valence-corrected chi connectivity index (χ0v) is 19.0. The first-order valence-corrected chi connectivity index (χ1v) is 11.4. The van der Waals surface area contributed by atoms with Crippen LogP contribution in [0, 0.1) is 5.82 Å². The molecule has 3 amide bonds. The Balaban J connectivity index is 1.64. The Bertz CT molecular complexity index is 1150. The van der Waals surface area contributed by atoms with Gasteiger partial charge in [0.1, 0.15) is 11.9 Å². The summed E-state index contributed by atoms with van der Waals surface area (Å²) in [7, 11) is 0. The van der Waals surface area contributed by atoms with Crippen LogP contribution < -0.4 is 15.5 Å². The predicted molar refractivity (Wildman–Crippen MR) is 126 cm³/mol. The van der Waals surface area contributed by atoms with E-state index in [0.717, 1.165) is 17.7 Å². The van der Waals surface area contributed by atoms with Crippen LogP contribution in [0.5, 0.6) is 0 Å². The number of nitrogens with one attached hydrogen (secondary N) is 2. The molecule has 9 heteroatoms. The van der Waals surface area contributed by atoms with Crippen molar-refractivity contribution in [3.05, 3.63) is 90.1 Å². The van der Waals surface area contributed by atoms with E-state index < -0.39 is 36.1 Å². The normalized spacial score (nSPS) is 15.9. The Hall–Kier alpha value is -3.98. The number of carbonyl (C=O) groups excluding carboxylic acids is 3. The highest BCUT2D eigenvalue weighted by Crippen LogP contribution is 2.30. The van der Waals surface area contributed by atoms with Crippen molar-refractivity contribution in [3.63, 3.8) is 0 Å². The maximum Gasteiger partial charge on any atom is 0.287 e. The van der Waals surface area contributed by atoms with Crippen LogP contribution in [0.3, 0.4) is 0 Å². The van der Waals surface area contributed by atoms with Gasteiger partial charge in [-0.3, -0.25) is 19.3 Å². The predicted octanol–water partition coefficient (Wildman–Crippen LogP) is 3.22. The summed E-state index contributed by atoms with van der Waals surface area (Å²) in [6.45, 7) is 0.435. The number of furan rings is 1. The first-order chi connectivity index (χ1) is 17.0. The molecule has 35 heavy (non-hydrogen) atoms. The Morgan fingerprint density at radius 2 is 1.77 bits per heavy atom. The van der Waals surface area contributed by atoms with Crippen LogP contribution in [0.1, 0.15) is 35.0 Å². The third kappa shape index (κ3) is 5.93. The topological polar surface area (TPSA) is 101 Å². The highest BCUT2D eigenvalue weighted by molar-refractivity contribution is 6.04. The average molecular weight is 480 g/mol. The Kier molecular flexibility index (Phi) is 7.89. The van der Waals surface area contributed by atoms with Crippen molar-refractivity contribution in [1.82, 2.24) is 10.6 Å². The summed E-state index contributed by atoms with van der Waals surface area (Å²) >= 11 is 0. The molecule has 8 nitrogen and oxygen atoms in total. The van der Waals surface area contributed by atoms with E-state index in [9.17, 15) is 18.8 Å². The molecule has 0 saturated carbocycles. The largest absolute Gasteiger partial charge is 0.459 e. The Morgan fingerprint density at radius 1 is 1.00 bits per heavy atom. The highest BCUT2D eigenvalue weighted by atomic mass is 19.1. The van der Waals surface area contributed by atoms with E-state index in [0.29, 0.717) is 12.2 Å². The smallest absolute Gasteiger partial charge is 0.287 e. The second kappa shape index (κ2) is 11.4. The Labute approximate surface area is 202 Å². The van der Waals surface area contributed by atoms with Gasteiger partial charge in [0.15, 0.2) is 5.76 Å². The summed E-state index contributed by atoms with van der Waals surface area (Å²) in [6, 6.07) is 16.2. The minimum Gasteiger partial charge on any atom is -0.459 e. The van der Waals surface area contributed by atoms with Gasteiger partial charge in [-0.2, -0.15) is 0 Å². The number of benzene rings is 2. The second-order valence-corrected chi connectivity index (χ2v) is 8.07. The summed E-state index contributed by atoms with van der Waals surface area (Å²) in [4.78, 5) is 40.3. The van der Waals surface area contributed by atoms with Crippen LogP contribution in [-0.2, 0) is 14.3 Å². The number of nitrogens with zero attached hydrogens (tertiary/aromatic N) is 1. The first-order valence-electron chi connectivity index (χ1n) is 11.4. The molecule has 2 heterocycles. The lowest BCUT2D eigenvalue weighted by Gasteiger charge is -2.32. The molecule has 1 saturated heterocycles. The molecule has 182 valence electrons. The number of halogens is 1. The third-order valence-electron chi connectivity index (χ3n) is 5.68. The maximum absolute atomic E-state index is 14.9. The third-order valence-corrected chi connectivity index (χ3v) is 5.68. The van der Waals surface area contributed by atoms with Gasteiger partial charge in [0, 0.05) is 13.2 Å². The zero-order valence-electron chi connectivity index (χ0n) is 19.0. The van der Waals surface area contributed by atoms with Crippen LogP contribution in [0.15, 0.2) is 77.4 Å². The van der Waals surface area contributed by atoms with Crippen LogP contribution >= 0.6 is 0 Å². The van der Waals surface area contributed by atoms with Crippen LogP contribution in [0.25, 0.3) is 0 Å². The van der Waals surface area contributed by atoms with Crippen molar-refractivity contribution < 1.29 is 27.9 Å². The molecule has 2 atom stereocenters. The fourth-order valence-electron chi connectivity index (χ4n) is 3.97. The molecule has 2 aromatic carbocycles. The molecule has 1 aliphatic heterocycles. The number of rotatable bonds is 9. The molecule has 0 radical (unpaired) electrons. The molecule has 3 aromatic rings. The minimum atomic E-state index is -1.18. The SMILES string of the molecule is O=C(NCC(=O)N(c1ccccc1F)[C@@H](C(=O)NC[C@H]1CCCO1)c1ccccc1)c1ccco1. The van der Waals surface area contributed by atoms with Crippen molar-refractivity contribution in [2.24, 2.45) is 0 Å². The van der Waals surface area contributed by atoms with Crippen LogP contribution in [0.4, 0.5) is 10.1 Å². The molecule has 0 bridgehead atoms. The summed E-state index contributed by atoms with van der Waals surface area (Å²) < 4.78 is 25.6. The lowest BCUT2D eigenvalue weighted by molar-refractivity contribution is -0.126. The molecule has 1 aromatic heterocycles. The molecule has 0 unspecified atom stereocenters. The number of anilines is 1. The van der Waals surface area contributed by atoms with Crippen molar-refractivity contribution in [2.75, 3.05) is 24.6 Å². The standard InChI is InChI=1S/C26H26FN3O5/c27-20-11-4-5-12-21(20)30(23(31)17-29-25(32)22-13-7-15-35-22)24(18-8-2-1-3-9-18)26(33)28-16-19-10-6-14-34-19/h1-5,7-9,11-13,15,19,24H,6,10,14,16-17H2,(H,28,33)(H,29,32)/t19-,24-/m1/s1. The molecule has 0 spiro atoms. The van der Waals surface area contributed by atoms with Gasteiger partial charge in [0.25, 0.3) is 5.91 Å². The van der Waals surface area contributed by atoms with E-state index in [4.69, 9.17) is 9.15 Å². The van der Waals surface area contributed by atoms with Gasteiger partial charge in [0.2, 0.25) is 11.8 Å². The number of amides is 3. The monoisotopic (exact) mass is 479 g/mol. The molecule has 1 aliphatic rings. The van der Waals surface area contributed by atoms with E-state index in [-0.39, 0.29) is 24.1 Å². The van der Waals surface area contributed by atoms with Gasteiger partial charge in [-0.15, -0.1) is 0 Å². The van der Waals surface area contributed by atoms with Gasteiger partial charge in [0.05, 0.1) is 24.6 Å². The fourth-order valence-corrected chi connectivity index (χ4v) is 3.97. The fraction of sp³-hybridized carbons (Fsp3) is 0.269. The molecular weight excluding hydrogens is 453 g/mol. The quantitative estimate of drug-likeness (QED) is 0.491. The van der Waals surface area contributed by atoms with Gasteiger partial charge >= 0.3 is 0 Å². The van der Waals surface area contributed by atoms with Gasteiger partial charge in [-0.25, -0.2) is 4.39 Å². The van der Waals surface area contributed by atoms with E-state index >= 15 is 0 Å². The highest BCUT2D eigenvalue weighted by Gasteiger charge is 2.34. The van der Waals surface area contributed by atoms with Crippen LogP contribution in [0.2, 0.25) is 0 Å². The zero-order chi connectivity index (χ0) is 24.6. The summed E-state index contributed by atoms with van der Waals surface area (Å²) in [5.41, 5.74) is 0.414. The molecule has 4 rings (SSSR count). The Morgan fingerprint density at radius 3 is 2.46 bits per heavy atom. The number of hydrogen-bond acceptors (Lipinski definition) is 5. The lowest BCUT2D eigenvalue weighted by atomic mass is 10.0. The van der Waals surface area contributed by atoms with Crippen molar-refractivity contribution in [3.8, 4) is 0 Å². The van der Waals surface area contributed by atoms with E-state index in [1.54, 1.807) is 42.5 Å². The first kappa shape index (κ1) is 24.2. The molecular formula is C26H26FN3O5. The maximum atomic E-state index is 14.9. The number of ether oxygens (including phenoxy) is 1. The average Bonchev–Trinajstić information content (AvgIpc) is 3.60. The van der Waals surface area contributed by atoms with Gasteiger partial charge < -0.3 is 19.8 Å². The molecule has 1 fully saturated rings. The van der Waals surface area contributed by atoms with E-state index in [1.807, 2.05) is 0 Å². The number of para-hydroxylation sites is 1. The minimum absolute atomic E-state index is 0.0316. The van der Waals surface area contributed by atoms with Crippen molar-refractivity contribution in [1.29, 1.82) is 0 Å². The lowest BCUT2D eigenvalue weighted by Crippen LogP contribution is -2.48. The molecule has 0 aliphatic carbocycles. The van der Waals surface area contributed by atoms with Crippen LogP contribution in [-0.4, -0.2) is 43.5 Å². The van der Waals surface area contributed by atoms with Gasteiger partial charge in [-0.1, -0.05) is 42.5 Å².